The van der Waals surface area contributed by atoms with Gasteiger partial charge in [-0.05, 0) is 24.8 Å². The molecule has 1 fully saturated rings. The minimum atomic E-state index is 0.207. The first-order valence-corrected chi connectivity index (χ1v) is 11.1. The number of thioether (sulfide) groups is 1. The van der Waals surface area contributed by atoms with E-state index in [1.807, 2.05) is 11.0 Å². The summed E-state index contributed by atoms with van der Waals surface area (Å²) >= 11 is 1.49. The van der Waals surface area contributed by atoms with E-state index < -0.39 is 0 Å². The molecule has 0 aliphatic carbocycles. The van der Waals surface area contributed by atoms with Crippen molar-refractivity contribution < 1.29 is 9.53 Å². The van der Waals surface area contributed by atoms with Gasteiger partial charge in [-0.2, -0.15) is 0 Å². The lowest BCUT2D eigenvalue weighted by molar-refractivity contribution is -0.128. The second-order valence-corrected chi connectivity index (χ2v) is 8.06. The van der Waals surface area contributed by atoms with Crippen molar-refractivity contribution in [2.24, 2.45) is 0 Å². The molecule has 0 spiro atoms. The van der Waals surface area contributed by atoms with Crippen LogP contribution in [0.2, 0.25) is 0 Å². The molecule has 1 aliphatic rings. The van der Waals surface area contributed by atoms with Gasteiger partial charge in [0.25, 0.3) is 0 Å². The summed E-state index contributed by atoms with van der Waals surface area (Å²) in [6, 6.07) is 10.4. The quantitative estimate of drug-likeness (QED) is 0.603. The molecular formula is C21H30N4O2S. The molecule has 1 aliphatic heterocycles. The molecule has 0 saturated carbocycles. The van der Waals surface area contributed by atoms with Gasteiger partial charge in [0.1, 0.15) is 5.82 Å². The van der Waals surface area contributed by atoms with Crippen molar-refractivity contribution in [2.45, 2.75) is 50.2 Å². The molecule has 1 amide bonds. The zero-order chi connectivity index (χ0) is 19.6. The lowest BCUT2D eigenvalue weighted by Crippen LogP contribution is -2.33. The fourth-order valence-corrected chi connectivity index (χ4v) is 4.34. The molecule has 0 radical (unpaired) electrons. The molecule has 1 aromatic heterocycles. The maximum absolute atomic E-state index is 12.6. The second-order valence-electron chi connectivity index (χ2n) is 7.11. The number of carbonyl (C=O) groups is 1. The van der Waals surface area contributed by atoms with Crippen molar-refractivity contribution in [3.8, 4) is 0 Å². The van der Waals surface area contributed by atoms with Gasteiger partial charge in [0.15, 0.2) is 5.16 Å². The third-order valence-corrected chi connectivity index (χ3v) is 6.03. The van der Waals surface area contributed by atoms with Gasteiger partial charge in [-0.15, -0.1) is 10.2 Å². The van der Waals surface area contributed by atoms with Gasteiger partial charge < -0.3 is 14.2 Å². The first kappa shape index (κ1) is 20.9. The van der Waals surface area contributed by atoms with Crippen LogP contribution in [-0.4, -0.2) is 58.1 Å². The van der Waals surface area contributed by atoms with Gasteiger partial charge in [-0.3, -0.25) is 4.79 Å². The molecule has 28 heavy (non-hydrogen) atoms. The van der Waals surface area contributed by atoms with Crippen LogP contribution in [0.1, 0.15) is 37.1 Å². The highest BCUT2D eigenvalue weighted by Crippen LogP contribution is 2.20. The van der Waals surface area contributed by atoms with E-state index >= 15 is 0 Å². The Balaban J connectivity index is 1.61. The Labute approximate surface area is 171 Å². The summed E-state index contributed by atoms with van der Waals surface area (Å²) in [5.74, 6) is 1.58. The van der Waals surface area contributed by atoms with Crippen LogP contribution >= 0.6 is 11.8 Å². The van der Waals surface area contributed by atoms with E-state index in [0.29, 0.717) is 18.9 Å². The summed E-state index contributed by atoms with van der Waals surface area (Å²) in [5.41, 5.74) is 1.29. The zero-order valence-electron chi connectivity index (χ0n) is 16.7. The van der Waals surface area contributed by atoms with Gasteiger partial charge in [0.2, 0.25) is 5.91 Å². The first-order chi connectivity index (χ1) is 13.8. The first-order valence-electron chi connectivity index (χ1n) is 10.1. The highest BCUT2D eigenvalue weighted by molar-refractivity contribution is 7.99. The minimum absolute atomic E-state index is 0.207. The van der Waals surface area contributed by atoms with Gasteiger partial charge in [-0.25, -0.2) is 0 Å². The fourth-order valence-electron chi connectivity index (χ4n) is 3.46. The highest BCUT2D eigenvalue weighted by Gasteiger charge is 2.18. The van der Waals surface area contributed by atoms with E-state index in [0.717, 1.165) is 49.8 Å². The van der Waals surface area contributed by atoms with Crippen LogP contribution in [0.4, 0.5) is 0 Å². The van der Waals surface area contributed by atoms with Gasteiger partial charge in [0, 0.05) is 33.2 Å². The van der Waals surface area contributed by atoms with Crippen LogP contribution in [0.15, 0.2) is 35.5 Å². The Morgan fingerprint density at radius 3 is 2.54 bits per heavy atom. The Kier molecular flexibility index (Phi) is 8.36. The van der Waals surface area contributed by atoms with Gasteiger partial charge >= 0.3 is 0 Å². The molecule has 2 heterocycles. The van der Waals surface area contributed by atoms with Crippen LogP contribution < -0.4 is 0 Å². The Morgan fingerprint density at radius 1 is 1.07 bits per heavy atom. The highest BCUT2D eigenvalue weighted by atomic mass is 32.2. The zero-order valence-corrected chi connectivity index (χ0v) is 17.5. The number of aryl methyl sites for hydroxylation is 2. The standard InChI is InChI=1S/C21H30N4O2S/c1-27-16-15-25-19(12-11-18-9-5-4-6-10-18)22-23-21(25)28-17-20(26)24-13-7-2-3-8-14-24/h4-6,9-10H,2-3,7-8,11-17H2,1H3. The Bertz CT molecular complexity index is 727. The van der Waals surface area contributed by atoms with Crippen molar-refractivity contribution in [3.05, 3.63) is 41.7 Å². The molecule has 0 N–H and O–H groups in total. The van der Waals surface area contributed by atoms with Crippen LogP contribution in [0.3, 0.4) is 0 Å². The summed E-state index contributed by atoms with van der Waals surface area (Å²) in [7, 11) is 1.70. The van der Waals surface area contributed by atoms with Crippen molar-refractivity contribution >= 4 is 17.7 Å². The topological polar surface area (TPSA) is 60.2 Å². The predicted octanol–water partition coefficient (Wildman–Crippen LogP) is 3.20. The molecule has 0 atom stereocenters. The summed E-state index contributed by atoms with van der Waals surface area (Å²) in [5, 5.41) is 9.58. The van der Waals surface area contributed by atoms with E-state index in [1.54, 1.807) is 7.11 Å². The molecule has 3 rings (SSSR count). The van der Waals surface area contributed by atoms with Gasteiger partial charge in [0.05, 0.1) is 12.4 Å². The van der Waals surface area contributed by atoms with Gasteiger partial charge in [-0.1, -0.05) is 54.9 Å². The molecule has 1 aromatic carbocycles. The summed E-state index contributed by atoms with van der Waals surface area (Å²) in [4.78, 5) is 14.6. The molecule has 0 bridgehead atoms. The number of likely N-dealkylation sites (tertiary alicyclic amines) is 1. The van der Waals surface area contributed by atoms with Crippen LogP contribution in [0.5, 0.6) is 0 Å². The number of benzene rings is 1. The second kappa shape index (κ2) is 11.2. The van der Waals surface area contributed by atoms with Crippen molar-refractivity contribution in [1.82, 2.24) is 19.7 Å². The normalized spacial score (nSPS) is 14.8. The van der Waals surface area contributed by atoms with E-state index in [2.05, 4.69) is 39.0 Å². The van der Waals surface area contributed by atoms with Crippen molar-refractivity contribution in [1.29, 1.82) is 0 Å². The SMILES string of the molecule is COCCn1c(CCc2ccccc2)nnc1SCC(=O)N1CCCCCC1. The summed E-state index contributed by atoms with van der Waals surface area (Å²) in [6.07, 6.45) is 6.43. The predicted molar refractivity (Wildman–Crippen MR) is 112 cm³/mol. The number of rotatable bonds is 9. The minimum Gasteiger partial charge on any atom is -0.383 e. The number of amides is 1. The maximum atomic E-state index is 12.6. The van der Waals surface area contributed by atoms with Crippen molar-refractivity contribution in [2.75, 3.05) is 32.6 Å². The number of methoxy groups -OCH3 is 1. The van der Waals surface area contributed by atoms with Crippen LogP contribution in [0, 0.1) is 0 Å². The average molecular weight is 403 g/mol. The Hall–Kier alpha value is -1.86. The molecular weight excluding hydrogens is 372 g/mol. The lowest BCUT2D eigenvalue weighted by Gasteiger charge is -2.19. The third kappa shape index (κ3) is 6.07. The smallest absolute Gasteiger partial charge is 0.233 e. The average Bonchev–Trinajstić information content (AvgIpc) is 2.92. The Morgan fingerprint density at radius 2 is 1.82 bits per heavy atom. The third-order valence-electron chi connectivity index (χ3n) is 5.08. The van der Waals surface area contributed by atoms with E-state index in [9.17, 15) is 4.79 Å². The molecule has 0 unspecified atom stereocenters. The molecule has 1 saturated heterocycles. The van der Waals surface area contributed by atoms with E-state index in [-0.39, 0.29) is 5.91 Å². The van der Waals surface area contributed by atoms with E-state index in [1.165, 1.54) is 30.2 Å². The van der Waals surface area contributed by atoms with Crippen molar-refractivity contribution in [3.63, 3.8) is 0 Å². The summed E-state index contributed by atoms with van der Waals surface area (Å²) < 4.78 is 7.37. The monoisotopic (exact) mass is 402 g/mol. The number of ether oxygens (including phenoxy) is 1. The largest absolute Gasteiger partial charge is 0.383 e. The fraction of sp³-hybridized carbons (Fsp3) is 0.571. The lowest BCUT2D eigenvalue weighted by atomic mass is 10.1. The number of carbonyl (C=O) groups excluding carboxylic acids is 1. The number of hydrogen-bond acceptors (Lipinski definition) is 5. The summed E-state index contributed by atoms with van der Waals surface area (Å²) in [6.45, 7) is 3.08. The van der Waals surface area contributed by atoms with Crippen LogP contribution in [0.25, 0.3) is 0 Å². The molecule has 152 valence electrons. The molecule has 2 aromatic rings. The maximum Gasteiger partial charge on any atom is 0.233 e. The molecule has 7 heteroatoms. The van der Waals surface area contributed by atoms with Crippen LogP contribution in [-0.2, 0) is 28.9 Å². The van der Waals surface area contributed by atoms with E-state index in [4.69, 9.17) is 4.74 Å². The number of nitrogens with zero attached hydrogens (tertiary/aromatic N) is 4. The number of hydrogen-bond donors (Lipinski definition) is 0. The number of aromatic nitrogens is 3. The molecule has 6 nitrogen and oxygen atoms in total.